The molecule has 1 heterocycles. The number of rotatable bonds is 3. The van der Waals surface area contributed by atoms with E-state index in [0.717, 1.165) is 15.3 Å². The van der Waals surface area contributed by atoms with E-state index in [-0.39, 0.29) is 6.42 Å². The lowest BCUT2D eigenvalue weighted by atomic mass is 10.2. The smallest absolute Gasteiger partial charge is 0.308 e. The van der Waals surface area contributed by atoms with E-state index >= 15 is 0 Å². The van der Waals surface area contributed by atoms with Crippen molar-refractivity contribution >= 4 is 28.9 Å². The standard InChI is InChI=1S/C12H9ClO2S/c13-9-3-1-2-8(6-9)11-5-4-10(16-11)7-12(14)15/h1-6H,7H2,(H,14,15). The number of carbonyl (C=O) groups is 1. The van der Waals surface area contributed by atoms with Crippen LogP contribution in [0.5, 0.6) is 0 Å². The van der Waals surface area contributed by atoms with Crippen molar-refractivity contribution in [3.8, 4) is 10.4 Å². The molecule has 0 saturated heterocycles. The molecule has 1 aromatic heterocycles. The van der Waals surface area contributed by atoms with Crippen LogP contribution in [-0.2, 0) is 11.2 Å². The van der Waals surface area contributed by atoms with Crippen molar-refractivity contribution < 1.29 is 9.90 Å². The molecule has 2 nitrogen and oxygen atoms in total. The molecule has 0 fully saturated rings. The van der Waals surface area contributed by atoms with Gasteiger partial charge in [-0.3, -0.25) is 4.79 Å². The van der Waals surface area contributed by atoms with Crippen LogP contribution in [0.25, 0.3) is 10.4 Å². The summed E-state index contributed by atoms with van der Waals surface area (Å²) in [5.74, 6) is -0.806. The first kappa shape index (κ1) is 11.2. The van der Waals surface area contributed by atoms with E-state index in [2.05, 4.69) is 0 Å². The summed E-state index contributed by atoms with van der Waals surface area (Å²) in [5.41, 5.74) is 1.02. The Bertz CT molecular complexity index is 519. The lowest BCUT2D eigenvalue weighted by Gasteiger charge is -1.97. The zero-order valence-corrected chi connectivity index (χ0v) is 9.89. The van der Waals surface area contributed by atoms with E-state index in [1.165, 1.54) is 11.3 Å². The van der Waals surface area contributed by atoms with Crippen LogP contribution in [0.4, 0.5) is 0 Å². The molecule has 0 aliphatic heterocycles. The Morgan fingerprint density at radius 2 is 2.12 bits per heavy atom. The molecule has 0 amide bonds. The van der Waals surface area contributed by atoms with Crippen molar-refractivity contribution in [3.05, 3.63) is 46.3 Å². The summed E-state index contributed by atoms with van der Waals surface area (Å²) >= 11 is 7.38. The fourth-order valence-electron chi connectivity index (χ4n) is 1.42. The van der Waals surface area contributed by atoms with Crippen LogP contribution >= 0.6 is 22.9 Å². The predicted octanol–water partition coefficient (Wildman–Crippen LogP) is 3.70. The molecule has 1 aromatic carbocycles. The molecule has 0 unspecified atom stereocenters. The van der Waals surface area contributed by atoms with Gasteiger partial charge in [0, 0.05) is 14.8 Å². The van der Waals surface area contributed by atoms with Crippen LogP contribution in [0.3, 0.4) is 0 Å². The van der Waals surface area contributed by atoms with Crippen LogP contribution < -0.4 is 0 Å². The van der Waals surface area contributed by atoms with Gasteiger partial charge in [0.25, 0.3) is 0 Å². The Balaban J connectivity index is 2.28. The Morgan fingerprint density at radius 3 is 2.81 bits per heavy atom. The molecule has 16 heavy (non-hydrogen) atoms. The van der Waals surface area contributed by atoms with E-state index in [1.807, 2.05) is 36.4 Å². The third-order valence-corrected chi connectivity index (χ3v) is 3.47. The van der Waals surface area contributed by atoms with Crippen LogP contribution in [0.1, 0.15) is 4.88 Å². The van der Waals surface area contributed by atoms with Gasteiger partial charge in [0.15, 0.2) is 0 Å². The molecular weight excluding hydrogens is 244 g/mol. The van der Waals surface area contributed by atoms with Gasteiger partial charge in [-0.15, -0.1) is 11.3 Å². The monoisotopic (exact) mass is 252 g/mol. The zero-order chi connectivity index (χ0) is 11.5. The van der Waals surface area contributed by atoms with Crippen LogP contribution in [0.15, 0.2) is 36.4 Å². The van der Waals surface area contributed by atoms with Gasteiger partial charge in [0.05, 0.1) is 6.42 Å². The minimum absolute atomic E-state index is 0.0746. The van der Waals surface area contributed by atoms with Crippen molar-refractivity contribution in [1.29, 1.82) is 0 Å². The molecule has 4 heteroatoms. The average molecular weight is 253 g/mol. The largest absolute Gasteiger partial charge is 0.481 e. The Hall–Kier alpha value is -1.32. The molecule has 0 radical (unpaired) electrons. The molecule has 0 atom stereocenters. The fraction of sp³-hybridized carbons (Fsp3) is 0.0833. The minimum atomic E-state index is -0.806. The highest BCUT2D eigenvalue weighted by molar-refractivity contribution is 7.15. The summed E-state index contributed by atoms with van der Waals surface area (Å²) in [5, 5.41) is 9.36. The first-order valence-electron chi connectivity index (χ1n) is 4.71. The van der Waals surface area contributed by atoms with E-state index < -0.39 is 5.97 Å². The summed E-state index contributed by atoms with van der Waals surface area (Å²) in [6, 6.07) is 11.3. The van der Waals surface area contributed by atoms with Crippen molar-refractivity contribution in [1.82, 2.24) is 0 Å². The number of carboxylic acid groups (broad SMARTS) is 1. The SMILES string of the molecule is O=C(O)Cc1ccc(-c2cccc(Cl)c2)s1. The Morgan fingerprint density at radius 1 is 1.31 bits per heavy atom. The van der Waals surface area contributed by atoms with Gasteiger partial charge in [-0.2, -0.15) is 0 Å². The van der Waals surface area contributed by atoms with Gasteiger partial charge in [-0.05, 0) is 29.8 Å². The molecule has 0 aliphatic rings. The maximum absolute atomic E-state index is 10.6. The summed E-state index contributed by atoms with van der Waals surface area (Å²) < 4.78 is 0. The molecule has 1 N–H and O–H groups in total. The fourth-order valence-corrected chi connectivity index (χ4v) is 2.60. The molecule has 0 saturated carbocycles. The highest BCUT2D eigenvalue weighted by atomic mass is 35.5. The first-order chi connectivity index (χ1) is 7.65. The summed E-state index contributed by atoms with van der Waals surface area (Å²) in [4.78, 5) is 12.4. The molecule has 0 aliphatic carbocycles. The molecular formula is C12H9ClO2S. The number of halogens is 1. The third-order valence-electron chi connectivity index (χ3n) is 2.10. The van der Waals surface area contributed by atoms with Gasteiger partial charge >= 0.3 is 5.97 Å². The number of hydrogen-bond acceptors (Lipinski definition) is 2. The number of aliphatic carboxylic acids is 1. The zero-order valence-electron chi connectivity index (χ0n) is 8.31. The second kappa shape index (κ2) is 4.68. The molecule has 82 valence electrons. The minimum Gasteiger partial charge on any atom is -0.481 e. The third kappa shape index (κ3) is 2.62. The van der Waals surface area contributed by atoms with E-state index in [1.54, 1.807) is 0 Å². The van der Waals surface area contributed by atoms with E-state index in [4.69, 9.17) is 16.7 Å². The quantitative estimate of drug-likeness (QED) is 0.905. The van der Waals surface area contributed by atoms with Gasteiger partial charge < -0.3 is 5.11 Å². The topological polar surface area (TPSA) is 37.3 Å². The lowest BCUT2D eigenvalue weighted by molar-refractivity contribution is -0.136. The van der Waals surface area contributed by atoms with Crippen LogP contribution in [0, 0.1) is 0 Å². The van der Waals surface area contributed by atoms with Crippen LogP contribution in [-0.4, -0.2) is 11.1 Å². The Labute approximate surface area is 102 Å². The second-order valence-electron chi connectivity index (χ2n) is 3.35. The predicted molar refractivity (Wildman–Crippen MR) is 66.1 cm³/mol. The maximum atomic E-state index is 10.6. The number of benzene rings is 1. The van der Waals surface area contributed by atoms with Crippen molar-refractivity contribution in [2.24, 2.45) is 0 Å². The summed E-state index contributed by atoms with van der Waals surface area (Å²) in [7, 11) is 0. The van der Waals surface area contributed by atoms with Gasteiger partial charge in [0.2, 0.25) is 0 Å². The van der Waals surface area contributed by atoms with E-state index in [0.29, 0.717) is 5.02 Å². The molecule has 2 rings (SSSR count). The number of carboxylic acids is 1. The lowest BCUT2D eigenvalue weighted by Crippen LogP contribution is -1.96. The molecule has 0 bridgehead atoms. The van der Waals surface area contributed by atoms with Gasteiger partial charge in [0.1, 0.15) is 0 Å². The maximum Gasteiger partial charge on any atom is 0.308 e. The van der Waals surface area contributed by atoms with Gasteiger partial charge in [-0.1, -0.05) is 23.7 Å². The van der Waals surface area contributed by atoms with Crippen molar-refractivity contribution in [2.75, 3.05) is 0 Å². The Kier molecular flexibility index (Phi) is 3.27. The first-order valence-corrected chi connectivity index (χ1v) is 5.91. The van der Waals surface area contributed by atoms with Crippen molar-refractivity contribution in [2.45, 2.75) is 6.42 Å². The second-order valence-corrected chi connectivity index (χ2v) is 4.95. The molecule has 0 spiro atoms. The summed E-state index contributed by atoms with van der Waals surface area (Å²) in [6.45, 7) is 0. The molecule has 2 aromatic rings. The normalized spacial score (nSPS) is 10.3. The number of thiophene rings is 1. The average Bonchev–Trinajstić information content (AvgIpc) is 2.65. The van der Waals surface area contributed by atoms with Gasteiger partial charge in [-0.25, -0.2) is 0 Å². The van der Waals surface area contributed by atoms with E-state index in [9.17, 15) is 4.79 Å². The van der Waals surface area contributed by atoms with Crippen LogP contribution in [0.2, 0.25) is 5.02 Å². The highest BCUT2D eigenvalue weighted by Gasteiger charge is 2.06. The highest BCUT2D eigenvalue weighted by Crippen LogP contribution is 2.29. The van der Waals surface area contributed by atoms with Crippen molar-refractivity contribution in [3.63, 3.8) is 0 Å². The number of hydrogen-bond donors (Lipinski definition) is 1. The summed E-state index contributed by atoms with van der Waals surface area (Å²) in [6.07, 6.45) is 0.0746.